The van der Waals surface area contributed by atoms with Crippen LogP contribution >= 0.6 is 11.6 Å². The molecule has 0 aliphatic heterocycles. The Morgan fingerprint density at radius 2 is 2.11 bits per heavy atom. The van der Waals surface area contributed by atoms with Crippen molar-refractivity contribution >= 4 is 23.2 Å². The zero-order chi connectivity index (χ0) is 13.9. The minimum absolute atomic E-state index is 0.145. The molecule has 5 heteroatoms. The molecular weight excluding hydrogens is 250 g/mol. The van der Waals surface area contributed by atoms with Gasteiger partial charge in [-0.1, -0.05) is 25.4 Å². The molecule has 0 fully saturated rings. The third kappa shape index (κ3) is 3.60. The van der Waals surface area contributed by atoms with Gasteiger partial charge in [0.05, 0.1) is 17.4 Å². The Kier molecular flexibility index (Phi) is 4.96. The van der Waals surface area contributed by atoms with Crippen molar-refractivity contribution in [3.05, 3.63) is 23.0 Å². The Morgan fingerprint density at radius 3 is 2.67 bits per heavy atom. The number of rotatable bonds is 4. The fraction of sp³-hybridized carbons (Fsp3) is 0.538. The normalized spacial score (nSPS) is 12.6. The Labute approximate surface area is 113 Å². The number of hydrogen-bond donors (Lipinski definition) is 1. The molecule has 100 valence electrons. The Balaban J connectivity index is 2.89. The van der Waals surface area contributed by atoms with Crippen LogP contribution in [0.1, 0.15) is 37.6 Å². The van der Waals surface area contributed by atoms with E-state index in [1.165, 1.54) is 6.20 Å². The average Bonchev–Trinajstić information content (AvgIpc) is 2.29. The van der Waals surface area contributed by atoms with Crippen LogP contribution in [0.5, 0.6) is 0 Å². The molecule has 1 rings (SSSR count). The lowest BCUT2D eigenvalue weighted by atomic mass is 10.0. The number of nitrogens with two attached hydrogens (primary N) is 1. The van der Waals surface area contributed by atoms with Gasteiger partial charge in [-0.05, 0) is 25.3 Å². The largest absolute Gasteiger partial charge is 0.397 e. The number of halogens is 1. The molecule has 1 aromatic rings. The molecule has 1 amide bonds. The van der Waals surface area contributed by atoms with E-state index in [0.717, 1.165) is 6.42 Å². The van der Waals surface area contributed by atoms with Crippen molar-refractivity contribution in [2.24, 2.45) is 5.92 Å². The first-order chi connectivity index (χ1) is 8.32. The van der Waals surface area contributed by atoms with E-state index in [1.54, 1.807) is 18.0 Å². The zero-order valence-corrected chi connectivity index (χ0v) is 12.0. The van der Waals surface area contributed by atoms with Gasteiger partial charge in [0.25, 0.3) is 5.91 Å². The summed E-state index contributed by atoms with van der Waals surface area (Å²) >= 11 is 5.93. The first-order valence-corrected chi connectivity index (χ1v) is 6.39. The molecule has 0 spiro atoms. The van der Waals surface area contributed by atoms with Crippen molar-refractivity contribution in [2.45, 2.75) is 33.2 Å². The van der Waals surface area contributed by atoms with Crippen molar-refractivity contribution in [1.29, 1.82) is 0 Å². The first kappa shape index (κ1) is 14.8. The summed E-state index contributed by atoms with van der Waals surface area (Å²) in [4.78, 5) is 17.9. The van der Waals surface area contributed by atoms with Gasteiger partial charge in [0.2, 0.25) is 0 Å². The third-order valence-corrected chi connectivity index (χ3v) is 3.19. The highest BCUT2D eigenvalue weighted by atomic mass is 35.5. The Bertz CT molecular complexity index is 434. The standard InChI is InChI=1S/C13H20ClN3O/c1-8(2)5-9(3)17(4)13(18)11-6-10(15)7-16-12(11)14/h6-9H,5,15H2,1-4H3. The van der Waals surface area contributed by atoms with E-state index < -0.39 is 0 Å². The van der Waals surface area contributed by atoms with Crippen LogP contribution in [0.3, 0.4) is 0 Å². The fourth-order valence-electron chi connectivity index (χ4n) is 1.84. The average molecular weight is 270 g/mol. The Hall–Kier alpha value is -1.29. The molecule has 4 nitrogen and oxygen atoms in total. The quantitative estimate of drug-likeness (QED) is 0.855. The second kappa shape index (κ2) is 6.05. The van der Waals surface area contributed by atoms with Gasteiger partial charge in [-0.15, -0.1) is 0 Å². The van der Waals surface area contributed by atoms with Crippen molar-refractivity contribution < 1.29 is 4.79 Å². The van der Waals surface area contributed by atoms with E-state index in [0.29, 0.717) is 17.2 Å². The van der Waals surface area contributed by atoms with Gasteiger partial charge in [-0.25, -0.2) is 4.98 Å². The van der Waals surface area contributed by atoms with Crippen LogP contribution in [-0.2, 0) is 0 Å². The van der Waals surface area contributed by atoms with E-state index in [2.05, 4.69) is 18.8 Å². The maximum absolute atomic E-state index is 12.3. The van der Waals surface area contributed by atoms with Crippen LogP contribution in [0.2, 0.25) is 5.15 Å². The highest BCUT2D eigenvalue weighted by Crippen LogP contribution is 2.19. The van der Waals surface area contributed by atoms with Gasteiger partial charge in [0, 0.05) is 13.1 Å². The summed E-state index contributed by atoms with van der Waals surface area (Å²) in [6, 6.07) is 1.71. The van der Waals surface area contributed by atoms with Crippen LogP contribution < -0.4 is 5.73 Å². The molecule has 0 aliphatic carbocycles. The maximum Gasteiger partial charge on any atom is 0.257 e. The van der Waals surface area contributed by atoms with Gasteiger partial charge >= 0.3 is 0 Å². The van der Waals surface area contributed by atoms with Gasteiger partial charge in [-0.2, -0.15) is 0 Å². The summed E-state index contributed by atoms with van der Waals surface area (Å²) in [6.45, 7) is 6.28. The molecule has 1 heterocycles. The predicted octanol–water partition coefficient (Wildman–Crippen LogP) is 2.82. The van der Waals surface area contributed by atoms with Crippen LogP contribution in [0.15, 0.2) is 12.3 Å². The van der Waals surface area contributed by atoms with Crippen LogP contribution in [0.4, 0.5) is 5.69 Å². The molecule has 0 radical (unpaired) electrons. The molecule has 0 bridgehead atoms. The number of nitrogens with zero attached hydrogens (tertiary/aromatic N) is 2. The lowest BCUT2D eigenvalue weighted by molar-refractivity contribution is 0.0728. The molecular formula is C13H20ClN3O. The van der Waals surface area contributed by atoms with Crippen molar-refractivity contribution in [3.63, 3.8) is 0 Å². The molecule has 18 heavy (non-hydrogen) atoms. The topological polar surface area (TPSA) is 59.2 Å². The third-order valence-electron chi connectivity index (χ3n) is 2.88. The van der Waals surface area contributed by atoms with E-state index in [1.807, 2.05) is 6.92 Å². The SMILES string of the molecule is CC(C)CC(C)N(C)C(=O)c1cc(N)cnc1Cl. The number of carbonyl (C=O) groups excluding carboxylic acids is 1. The number of pyridine rings is 1. The van der Waals surface area contributed by atoms with E-state index in [-0.39, 0.29) is 17.1 Å². The van der Waals surface area contributed by atoms with Crippen molar-refractivity contribution in [3.8, 4) is 0 Å². The van der Waals surface area contributed by atoms with E-state index in [9.17, 15) is 4.79 Å². The van der Waals surface area contributed by atoms with Gasteiger partial charge < -0.3 is 10.6 Å². The smallest absolute Gasteiger partial charge is 0.257 e. The molecule has 0 aliphatic rings. The number of hydrogen-bond acceptors (Lipinski definition) is 3. The van der Waals surface area contributed by atoms with Gasteiger partial charge in [-0.3, -0.25) is 4.79 Å². The van der Waals surface area contributed by atoms with Crippen LogP contribution in [0.25, 0.3) is 0 Å². The second-order valence-electron chi connectivity index (χ2n) is 5.00. The second-order valence-corrected chi connectivity index (χ2v) is 5.36. The van der Waals surface area contributed by atoms with Gasteiger partial charge in [0.1, 0.15) is 5.15 Å². The molecule has 2 N–H and O–H groups in total. The molecule has 1 atom stereocenters. The number of aromatic nitrogens is 1. The minimum Gasteiger partial charge on any atom is -0.397 e. The maximum atomic E-state index is 12.3. The summed E-state index contributed by atoms with van der Waals surface area (Å²) in [5, 5.41) is 0.192. The molecule has 0 aromatic carbocycles. The highest BCUT2D eigenvalue weighted by molar-refractivity contribution is 6.32. The summed E-state index contributed by atoms with van der Waals surface area (Å²) in [6.07, 6.45) is 2.38. The lowest BCUT2D eigenvalue weighted by Crippen LogP contribution is -2.36. The predicted molar refractivity (Wildman–Crippen MR) is 74.7 cm³/mol. The van der Waals surface area contributed by atoms with Crippen molar-refractivity contribution in [2.75, 3.05) is 12.8 Å². The fourth-order valence-corrected chi connectivity index (χ4v) is 2.03. The molecule has 0 saturated heterocycles. The summed E-state index contributed by atoms with van der Waals surface area (Å²) < 4.78 is 0. The number of nitrogen functional groups attached to an aromatic ring is 1. The van der Waals surface area contributed by atoms with Gasteiger partial charge in [0.15, 0.2) is 0 Å². The lowest BCUT2D eigenvalue weighted by Gasteiger charge is -2.26. The summed E-state index contributed by atoms with van der Waals surface area (Å²) in [5.74, 6) is 0.387. The zero-order valence-electron chi connectivity index (χ0n) is 11.3. The summed E-state index contributed by atoms with van der Waals surface area (Å²) in [7, 11) is 1.77. The monoisotopic (exact) mass is 269 g/mol. The molecule has 1 unspecified atom stereocenters. The Morgan fingerprint density at radius 1 is 1.50 bits per heavy atom. The van der Waals surface area contributed by atoms with E-state index >= 15 is 0 Å². The van der Waals surface area contributed by atoms with Crippen LogP contribution in [-0.4, -0.2) is 28.9 Å². The molecule has 0 saturated carbocycles. The molecule has 1 aromatic heterocycles. The van der Waals surface area contributed by atoms with Crippen molar-refractivity contribution in [1.82, 2.24) is 9.88 Å². The number of amides is 1. The van der Waals surface area contributed by atoms with E-state index in [4.69, 9.17) is 17.3 Å². The highest BCUT2D eigenvalue weighted by Gasteiger charge is 2.21. The van der Waals surface area contributed by atoms with Crippen LogP contribution in [0, 0.1) is 5.92 Å². The number of carbonyl (C=O) groups is 1. The summed E-state index contributed by atoms with van der Waals surface area (Å²) in [5.41, 5.74) is 6.42. The number of anilines is 1. The minimum atomic E-state index is -0.145. The first-order valence-electron chi connectivity index (χ1n) is 6.01.